The largest absolute Gasteiger partial charge is 0.435 e. The van der Waals surface area contributed by atoms with E-state index in [1.165, 1.54) is 63.4 Å². The maximum atomic E-state index is 12.3. The molecule has 1 aliphatic carbocycles. The minimum Gasteiger partial charge on any atom is -0.435 e. The molecule has 1 aliphatic rings. The lowest BCUT2D eigenvalue weighted by atomic mass is 9.77. The Morgan fingerprint density at radius 1 is 0.821 bits per heavy atom. The van der Waals surface area contributed by atoms with Crippen molar-refractivity contribution in [1.82, 2.24) is 0 Å². The lowest BCUT2D eigenvalue weighted by Gasteiger charge is -2.29. The average Bonchev–Trinajstić information content (AvgIpc) is 2.72. The van der Waals surface area contributed by atoms with Crippen LogP contribution in [0, 0.1) is 5.92 Å². The van der Waals surface area contributed by atoms with Gasteiger partial charge in [0.05, 0.1) is 0 Å². The fourth-order valence-electron chi connectivity index (χ4n) is 4.42. The Morgan fingerprint density at radius 3 is 2.00 bits per heavy atom. The average molecular weight is 387 g/mol. The smallest absolute Gasteiger partial charge is 0.387 e. The topological polar surface area (TPSA) is 9.23 Å². The molecule has 0 heterocycles. The van der Waals surface area contributed by atoms with E-state index in [1.807, 2.05) is 12.1 Å². The second-order valence-electron chi connectivity index (χ2n) is 8.09. The molecule has 2 aromatic carbocycles. The number of halogens is 2. The summed E-state index contributed by atoms with van der Waals surface area (Å²) in [6.07, 6.45) is 12.2. The van der Waals surface area contributed by atoms with E-state index in [0.717, 1.165) is 17.0 Å². The highest BCUT2D eigenvalue weighted by atomic mass is 19.3. The molecule has 152 valence electrons. The van der Waals surface area contributed by atoms with Gasteiger partial charge in [0.1, 0.15) is 5.75 Å². The van der Waals surface area contributed by atoms with Crippen LogP contribution in [0.15, 0.2) is 48.5 Å². The second kappa shape index (κ2) is 10.6. The van der Waals surface area contributed by atoms with E-state index >= 15 is 0 Å². The van der Waals surface area contributed by atoms with Crippen molar-refractivity contribution in [2.75, 3.05) is 0 Å². The Bertz CT molecular complexity index is 685. The SMILES string of the molecule is CCCCCC[C@H]1CC[C@H](c2ccc(-c3ccc(OC(F)F)cc3)cc2)CC1. The summed E-state index contributed by atoms with van der Waals surface area (Å²) in [4.78, 5) is 0. The summed E-state index contributed by atoms with van der Waals surface area (Å²) in [5, 5.41) is 0. The van der Waals surface area contributed by atoms with Gasteiger partial charge in [0.25, 0.3) is 0 Å². The van der Waals surface area contributed by atoms with Crippen LogP contribution in [0.4, 0.5) is 8.78 Å². The Morgan fingerprint density at radius 2 is 1.43 bits per heavy atom. The quantitative estimate of drug-likeness (QED) is 0.395. The van der Waals surface area contributed by atoms with E-state index in [9.17, 15) is 8.78 Å². The second-order valence-corrected chi connectivity index (χ2v) is 8.09. The summed E-state index contributed by atoms with van der Waals surface area (Å²) in [5.41, 5.74) is 3.56. The number of rotatable bonds is 9. The van der Waals surface area contributed by atoms with Crippen molar-refractivity contribution in [3.63, 3.8) is 0 Å². The molecule has 0 aromatic heterocycles. The first-order valence-electron chi connectivity index (χ1n) is 10.8. The zero-order chi connectivity index (χ0) is 19.8. The minimum absolute atomic E-state index is 0.196. The summed E-state index contributed by atoms with van der Waals surface area (Å²) < 4.78 is 28.9. The third-order valence-corrected chi connectivity index (χ3v) is 6.11. The molecular weight excluding hydrogens is 354 g/mol. The predicted molar refractivity (Wildman–Crippen MR) is 112 cm³/mol. The fourth-order valence-corrected chi connectivity index (χ4v) is 4.42. The van der Waals surface area contributed by atoms with E-state index < -0.39 is 6.61 Å². The van der Waals surface area contributed by atoms with Gasteiger partial charge in [-0.15, -0.1) is 0 Å². The van der Waals surface area contributed by atoms with Gasteiger partial charge in [-0.1, -0.05) is 75.4 Å². The molecule has 0 N–H and O–H groups in total. The van der Waals surface area contributed by atoms with Crippen LogP contribution in [0.5, 0.6) is 5.75 Å². The van der Waals surface area contributed by atoms with Crippen LogP contribution in [0.3, 0.4) is 0 Å². The molecule has 2 aromatic rings. The molecule has 0 unspecified atom stereocenters. The molecule has 1 saturated carbocycles. The Balaban J connectivity index is 1.51. The van der Waals surface area contributed by atoms with Crippen LogP contribution in [0.25, 0.3) is 11.1 Å². The number of hydrogen-bond donors (Lipinski definition) is 0. The molecule has 0 spiro atoms. The predicted octanol–water partition coefficient (Wildman–Crippen LogP) is 8.20. The van der Waals surface area contributed by atoms with Crippen molar-refractivity contribution < 1.29 is 13.5 Å². The van der Waals surface area contributed by atoms with Gasteiger partial charge < -0.3 is 4.74 Å². The lowest BCUT2D eigenvalue weighted by molar-refractivity contribution is -0.0498. The van der Waals surface area contributed by atoms with Crippen molar-refractivity contribution in [2.24, 2.45) is 5.92 Å². The van der Waals surface area contributed by atoms with E-state index in [4.69, 9.17) is 0 Å². The van der Waals surface area contributed by atoms with Crippen molar-refractivity contribution in [3.8, 4) is 16.9 Å². The number of hydrogen-bond acceptors (Lipinski definition) is 1. The number of alkyl halides is 2. The van der Waals surface area contributed by atoms with Gasteiger partial charge in [0, 0.05) is 0 Å². The summed E-state index contributed by atoms with van der Waals surface area (Å²) >= 11 is 0. The van der Waals surface area contributed by atoms with E-state index in [0.29, 0.717) is 5.92 Å². The summed E-state index contributed by atoms with van der Waals surface area (Å²) in [6.45, 7) is -0.510. The number of benzene rings is 2. The van der Waals surface area contributed by atoms with Gasteiger partial charge in [-0.05, 0) is 66.3 Å². The lowest BCUT2D eigenvalue weighted by Crippen LogP contribution is -2.13. The maximum Gasteiger partial charge on any atom is 0.387 e. The minimum atomic E-state index is -2.78. The molecule has 0 atom stereocenters. The molecule has 0 aliphatic heterocycles. The number of ether oxygens (including phenoxy) is 1. The first-order chi connectivity index (χ1) is 13.7. The Kier molecular flexibility index (Phi) is 7.88. The molecule has 0 bridgehead atoms. The van der Waals surface area contributed by atoms with Gasteiger partial charge >= 0.3 is 6.61 Å². The van der Waals surface area contributed by atoms with Gasteiger partial charge in [-0.25, -0.2) is 0 Å². The molecular formula is C25H32F2O. The molecule has 1 nitrogen and oxygen atoms in total. The van der Waals surface area contributed by atoms with Crippen molar-refractivity contribution in [3.05, 3.63) is 54.1 Å². The summed E-state index contributed by atoms with van der Waals surface area (Å²) in [7, 11) is 0. The zero-order valence-electron chi connectivity index (χ0n) is 16.9. The molecule has 0 saturated heterocycles. The van der Waals surface area contributed by atoms with E-state index in [1.54, 1.807) is 12.1 Å². The highest BCUT2D eigenvalue weighted by Gasteiger charge is 2.22. The van der Waals surface area contributed by atoms with Gasteiger partial charge in [-0.3, -0.25) is 0 Å². The van der Waals surface area contributed by atoms with Crippen molar-refractivity contribution in [1.29, 1.82) is 0 Å². The van der Waals surface area contributed by atoms with Crippen LogP contribution in [-0.2, 0) is 0 Å². The molecule has 1 fully saturated rings. The van der Waals surface area contributed by atoms with Crippen LogP contribution >= 0.6 is 0 Å². The van der Waals surface area contributed by atoms with Gasteiger partial charge in [-0.2, -0.15) is 8.78 Å². The third kappa shape index (κ3) is 6.05. The maximum absolute atomic E-state index is 12.3. The first-order valence-corrected chi connectivity index (χ1v) is 10.8. The third-order valence-electron chi connectivity index (χ3n) is 6.11. The van der Waals surface area contributed by atoms with Gasteiger partial charge in [0.15, 0.2) is 0 Å². The monoisotopic (exact) mass is 386 g/mol. The summed E-state index contributed by atoms with van der Waals surface area (Å²) in [5.74, 6) is 1.81. The van der Waals surface area contributed by atoms with Crippen LogP contribution in [0.2, 0.25) is 0 Å². The standard InChI is InChI=1S/C25H32F2O/c1-2-3-4-5-6-19-7-9-20(10-8-19)21-11-13-22(14-12-21)23-15-17-24(18-16-23)28-25(26)27/h11-20,25H,2-10H2,1H3/t19-,20-. The molecule has 28 heavy (non-hydrogen) atoms. The normalized spacial score (nSPS) is 19.7. The van der Waals surface area contributed by atoms with Crippen LogP contribution < -0.4 is 4.74 Å². The van der Waals surface area contributed by atoms with E-state index in [2.05, 4.69) is 35.9 Å². The Labute approximate surface area is 168 Å². The Hall–Kier alpha value is -1.90. The van der Waals surface area contributed by atoms with Crippen molar-refractivity contribution in [2.45, 2.75) is 77.2 Å². The number of unbranched alkanes of at least 4 members (excludes halogenated alkanes) is 3. The highest BCUT2D eigenvalue weighted by Crippen LogP contribution is 2.38. The highest BCUT2D eigenvalue weighted by molar-refractivity contribution is 5.64. The van der Waals surface area contributed by atoms with Crippen molar-refractivity contribution >= 4 is 0 Å². The van der Waals surface area contributed by atoms with Gasteiger partial charge in [0.2, 0.25) is 0 Å². The van der Waals surface area contributed by atoms with Crippen LogP contribution in [-0.4, -0.2) is 6.61 Å². The summed E-state index contributed by atoms with van der Waals surface area (Å²) in [6, 6.07) is 15.6. The fraction of sp³-hybridized carbons (Fsp3) is 0.520. The molecule has 3 heteroatoms. The molecule has 0 radical (unpaired) electrons. The van der Waals surface area contributed by atoms with Crippen LogP contribution in [0.1, 0.15) is 76.2 Å². The first kappa shape index (κ1) is 20.8. The molecule has 3 rings (SSSR count). The molecule has 0 amide bonds. The zero-order valence-corrected chi connectivity index (χ0v) is 16.9. The van der Waals surface area contributed by atoms with E-state index in [-0.39, 0.29) is 5.75 Å².